The summed E-state index contributed by atoms with van der Waals surface area (Å²) in [6, 6.07) is 11.9. The Morgan fingerprint density at radius 3 is 2.54 bits per heavy atom. The average molecular weight is 371 g/mol. The maximum Gasteiger partial charge on any atom is 0.253 e. The largest absolute Gasteiger partial charge is 0.356 e. The van der Waals surface area contributed by atoms with Crippen LogP contribution < -0.4 is 5.32 Å². The fourth-order valence-electron chi connectivity index (χ4n) is 3.33. The topological polar surface area (TPSA) is 49.4 Å². The highest BCUT2D eigenvalue weighted by atomic mass is 32.1. The maximum atomic E-state index is 12.5. The predicted molar refractivity (Wildman–Crippen MR) is 105 cm³/mol. The molecule has 1 aromatic heterocycles. The highest BCUT2D eigenvalue weighted by molar-refractivity contribution is 7.09. The van der Waals surface area contributed by atoms with Gasteiger partial charge in [0.15, 0.2) is 0 Å². The molecule has 2 aromatic rings. The number of amides is 2. The van der Waals surface area contributed by atoms with Crippen molar-refractivity contribution in [1.82, 2.24) is 10.2 Å². The molecule has 3 rings (SSSR count). The van der Waals surface area contributed by atoms with Gasteiger partial charge < -0.3 is 10.2 Å². The first kappa shape index (κ1) is 18.6. The standard InChI is InChI=1S/C21H26N2O2S/c1-16-4-6-18(7-5-16)21(25)23-12-9-17(10-13-23)15-20(24)22-11-8-19-3-2-14-26-19/h2-7,14,17H,8-13,15H2,1H3,(H,22,24). The molecule has 4 nitrogen and oxygen atoms in total. The molecule has 0 aliphatic carbocycles. The number of nitrogens with one attached hydrogen (secondary N) is 1. The van der Waals surface area contributed by atoms with Crippen molar-refractivity contribution in [1.29, 1.82) is 0 Å². The molecule has 2 amide bonds. The molecule has 1 aromatic carbocycles. The Hall–Kier alpha value is -2.14. The number of aryl methyl sites for hydroxylation is 1. The maximum absolute atomic E-state index is 12.5. The molecule has 0 atom stereocenters. The third-order valence-electron chi connectivity index (χ3n) is 4.95. The van der Waals surface area contributed by atoms with Gasteiger partial charge in [0.2, 0.25) is 5.91 Å². The molecule has 138 valence electrons. The number of hydrogen-bond acceptors (Lipinski definition) is 3. The summed E-state index contributed by atoms with van der Waals surface area (Å²) in [5, 5.41) is 5.08. The molecule has 1 aliphatic heterocycles. The van der Waals surface area contributed by atoms with Gasteiger partial charge in [-0.3, -0.25) is 9.59 Å². The highest BCUT2D eigenvalue weighted by Gasteiger charge is 2.25. The molecule has 5 heteroatoms. The average Bonchev–Trinajstić information content (AvgIpc) is 3.16. The van der Waals surface area contributed by atoms with E-state index >= 15 is 0 Å². The lowest BCUT2D eigenvalue weighted by Crippen LogP contribution is -2.39. The van der Waals surface area contributed by atoms with Crippen LogP contribution in [0.5, 0.6) is 0 Å². The minimum Gasteiger partial charge on any atom is -0.356 e. The van der Waals surface area contributed by atoms with E-state index < -0.39 is 0 Å². The molecule has 1 aliphatic rings. The van der Waals surface area contributed by atoms with Gasteiger partial charge in [-0.1, -0.05) is 23.8 Å². The van der Waals surface area contributed by atoms with Crippen LogP contribution in [0.15, 0.2) is 41.8 Å². The normalized spacial score (nSPS) is 15.0. The summed E-state index contributed by atoms with van der Waals surface area (Å²) in [7, 11) is 0. The summed E-state index contributed by atoms with van der Waals surface area (Å²) >= 11 is 1.72. The van der Waals surface area contributed by atoms with Crippen molar-refractivity contribution in [2.75, 3.05) is 19.6 Å². The zero-order chi connectivity index (χ0) is 18.4. The van der Waals surface area contributed by atoms with E-state index in [0.717, 1.165) is 43.5 Å². The number of hydrogen-bond donors (Lipinski definition) is 1. The van der Waals surface area contributed by atoms with E-state index in [-0.39, 0.29) is 11.8 Å². The Balaban J connectivity index is 1.38. The van der Waals surface area contributed by atoms with Gasteiger partial charge in [0.1, 0.15) is 0 Å². The van der Waals surface area contributed by atoms with E-state index in [9.17, 15) is 9.59 Å². The van der Waals surface area contributed by atoms with Crippen molar-refractivity contribution in [3.63, 3.8) is 0 Å². The van der Waals surface area contributed by atoms with Crippen LogP contribution in [0.25, 0.3) is 0 Å². The lowest BCUT2D eigenvalue weighted by Gasteiger charge is -2.31. The lowest BCUT2D eigenvalue weighted by molar-refractivity contribution is -0.122. The van der Waals surface area contributed by atoms with Gasteiger partial charge in [-0.05, 0) is 55.7 Å². The number of carbonyl (C=O) groups is 2. The molecule has 26 heavy (non-hydrogen) atoms. The van der Waals surface area contributed by atoms with Crippen molar-refractivity contribution < 1.29 is 9.59 Å². The molecule has 0 radical (unpaired) electrons. The Kier molecular flexibility index (Phi) is 6.45. The van der Waals surface area contributed by atoms with Crippen LogP contribution in [-0.2, 0) is 11.2 Å². The number of benzene rings is 1. The van der Waals surface area contributed by atoms with Gasteiger partial charge in [-0.15, -0.1) is 11.3 Å². The SMILES string of the molecule is Cc1ccc(C(=O)N2CCC(CC(=O)NCCc3cccs3)CC2)cc1. The van der Waals surface area contributed by atoms with Gasteiger partial charge in [0.05, 0.1) is 0 Å². The van der Waals surface area contributed by atoms with Gasteiger partial charge in [0.25, 0.3) is 5.91 Å². The van der Waals surface area contributed by atoms with Crippen molar-refractivity contribution in [2.24, 2.45) is 5.92 Å². The van der Waals surface area contributed by atoms with Crippen molar-refractivity contribution >= 4 is 23.2 Å². The fraction of sp³-hybridized carbons (Fsp3) is 0.429. The van der Waals surface area contributed by atoms with E-state index in [1.54, 1.807) is 11.3 Å². The Morgan fingerprint density at radius 2 is 1.88 bits per heavy atom. The summed E-state index contributed by atoms with van der Waals surface area (Å²) in [4.78, 5) is 27.9. The van der Waals surface area contributed by atoms with Crippen LogP contribution in [0.2, 0.25) is 0 Å². The smallest absolute Gasteiger partial charge is 0.253 e. The van der Waals surface area contributed by atoms with Crippen LogP contribution in [0.1, 0.15) is 40.1 Å². The summed E-state index contributed by atoms with van der Waals surface area (Å²) in [5.41, 5.74) is 1.91. The van der Waals surface area contributed by atoms with Crippen molar-refractivity contribution in [2.45, 2.75) is 32.6 Å². The zero-order valence-electron chi connectivity index (χ0n) is 15.2. The quantitative estimate of drug-likeness (QED) is 0.844. The molecular weight excluding hydrogens is 344 g/mol. The second kappa shape index (κ2) is 8.99. The number of carbonyl (C=O) groups excluding carboxylic acids is 2. The Bertz CT molecular complexity index is 717. The molecule has 1 N–H and O–H groups in total. The molecule has 0 bridgehead atoms. The van der Waals surface area contributed by atoms with Crippen molar-refractivity contribution in [3.05, 3.63) is 57.8 Å². The second-order valence-electron chi connectivity index (χ2n) is 6.99. The first-order chi connectivity index (χ1) is 12.6. The highest BCUT2D eigenvalue weighted by Crippen LogP contribution is 2.22. The summed E-state index contributed by atoms with van der Waals surface area (Å²) in [5.74, 6) is 0.604. The van der Waals surface area contributed by atoms with Crippen molar-refractivity contribution in [3.8, 4) is 0 Å². The number of likely N-dealkylation sites (tertiary alicyclic amines) is 1. The number of nitrogens with zero attached hydrogens (tertiary/aromatic N) is 1. The van der Waals surface area contributed by atoms with E-state index in [0.29, 0.717) is 18.9 Å². The van der Waals surface area contributed by atoms with Crippen LogP contribution in [0, 0.1) is 12.8 Å². The molecular formula is C21H26N2O2S. The molecule has 0 saturated carbocycles. The summed E-state index contributed by atoms with van der Waals surface area (Å²) in [6.07, 6.45) is 3.26. The monoisotopic (exact) mass is 370 g/mol. The van der Waals surface area contributed by atoms with E-state index in [1.807, 2.05) is 42.2 Å². The lowest BCUT2D eigenvalue weighted by atomic mass is 9.93. The van der Waals surface area contributed by atoms with E-state index in [4.69, 9.17) is 0 Å². The van der Waals surface area contributed by atoms with Crippen LogP contribution >= 0.6 is 11.3 Å². The third kappa shape index (κ3) is 5.18. The van der Waals surface area contributed by atoms with E-state index in [2.05, 4.69) is 16.8 Å². The first-order valence-corrected chi connectivity index (χ1v) is 10.1. The molecule has 0 unspecified atom stereocenters. The van der Waals surface area contributed by atoms with Crippen LogP contribution in [0.3, 0.4) is 0 Å². The minimum absolute atomic E-state index is 0.101. The molecule has 1 saturated heterocycles. The van der Waals surface area contributed by atoms with Crippen LogP contribution in [0.4, 0.5) is 0 Å². The second-order valence-corrected chi connectivity index (χ2v) is 8.02. The molecule has 1 fully saturated rings. The molecule has 2 heterocycles. The summed E-state index contributed by atoms with van der Waals surface area (Å²) in [6.45, 7) is 4.19. The van der Waals surface area contributed by atoms with Gasteiger partial charge in [-0.25, -0.2) is 0 Å². The number of piperidine rings is 1. The number of thiophene rings is 1. The third-order valence-corrected chi connectivity index (χ3v) is 5.88. The summed E-state index contributed by atoms with van der Waals surface area (Å²) < 4.78 is 0. The number of rotatable bonds is 6. The van der Waals surface area contributed by atoms with Gasteiger partial charge in [-0.2, -0.15) is 0 Å². The zero-order valence-corrected chi connectivity index (χ0v) is 16.1. The first-order valence-electron chi connectivity index (χ1n) is 9.27. The van der Waals surface area contributed by atoms with E-state index in [1.165, 1.54) is 4.88 Å². The fourth-order valence-corrected chi connectivity index (χ4v) is 4.04. The van der Waals surface area contributed by atoms with Crippen LogP contribution in [-0.4, -0.2) is 36.3 Å². The van der Waals surface area contributed by atoms with Gasteiger partial charge in [0, 0.05) is 36.5 Å². The minimum atomic E-state index is 0.101. The van der Waals surface area contributed by atoms with Gasteiger partial charge >= 0.3 is 0 Å². The Morgan fingerprint density at radius 1 is 1.15 bits per heavy atom. The Labute approximate surface area is 159 Å². The predicted octanol–water partition coefficient (Wildman–Crippen LogP) is 3.66. The molecule has 0 spiro atoms.